The maximum Gasteiger partial charge on any atom is 0.272 e. The molecule has 4 aromatic rings. The Morgan fingerprint density at radius 2 is 1.80 bits per heavy atom. The number of benzene rings is 2. The van der Waals surface area contributed by atoms with Crippen LogP contribution in [0.1, 0.15) is 16.9 Å². The van der Waals surface area contributed by atoms with E-state index >= 15 is 8.78 Å². The number of pyridine rings is 1. The Labute approximate surface area is 260 Å². The molecule has 0 aliphatic carbocycles. The van der Waals surface area contributed by atoms with Gasteiger partial charge in [0.1, 0.15) is 18.1 Å². The number of ether oxygens (including phenoxy) is 2. The Hall–Kier alpha value is -3.86. The second-order valence-electron chi connectivity index (χ2n) is 10.8. The molecule has 0 fully saturated rings. The van der Waals surface area contributed by atoms with Crippen molar-refractivity contribution in [2.75, 3.05) is 56.1 Å². The highest BCUT2D eigenvalue weighted by atomic mass is 32.3. The molecule has 45 heavy (non-hydrogen) atoms. The van der Waals surface area contributed by atoms with Gasteiger partial charge in [-0.2, -0.15) is 5.10 Å². The number of anilines is 1. The molecule has 2 heterocycles. The first-order valence-corrected chi connectivity index (χ1v) is 18.1. The van der Waals surface area contributed by atoms with E-state index in [4.69, 9.17) is 14.6 Å². The molecule has 3 N–H and O–H groups in total. The predicted octanol–water partition coefficient (Wildman–Crippen LogP) is 4.11. The van der Waals surface area contributed by atoms with E-state index in [-0.39, 0.29) is 47.6 Å². The number of nitrogens with one attached hydrogen (secondary N) is 2. The molecule has 4 rings (SSSR count). The zero-order chi connectivity index (χ0) is 32.9. The average molecular weight is 670 g/mol. The summed E-state index contributed by atoms with van der Waals surface area (Å²) in [4.78, 5) is 15.8. The van der Waals surface area contributed by atoms with E-state index in [0.717, 1.165) is 25.1 Å². The van der Waals surface area contributed by atoms with Gasteiger partial charge >= 0.3 is 0 Å². The third kappa shape index (κ3) is 7.87. The van der Waals surface area contributed by atoms with Crippen LogP contribution in [0.2, 0.25) is 0 Å². The largest absolute Gasteiger partial charge is 0.480 e. The minimum atomic E-state index is -4.59. The number of halogens is 3. The summed E-state index contributed by atoms with van der Waals surface area (Å²) in [5.41, 5.74) is -1.28. The lowest BCUT2D eigenvalue weighted by atomic mass is 10.0. The fraction of sp³-hybridized carbons (Fsp3) is 0.345. The molecule has 0 spiro atoms. The van der Waals surface area contributed by atoms with Gasteiger partial charge in [0, 0.05) is 41.5 Å². The number of carbonyl (C=O) groups is 1. The Bertz CT molecular complexity index is 1810. The molecule has 1 amide bonds. The Balaban J connectivity index is 1.75. The number of aliphatic hydroxyl groups is 1. The van der Waals surface area contributed by atoms with E-state index in [2.05, 4.69) is 38.9 Å². The molecule has 0 unspecified atom stereocenters. The molecule has 0 aliphatic rings. The number of nitrogens with zero attached hydrogens (tertiary/aromatic N) is 3. The lowest BCUT2D eigenvalue weighted by molar-refractivity contribution is 0.0822. The summed E-state index contributed by atoms with van der Waals surface area (Å²) < 4.78 is 86.0. The number of aromatic nitrogens is 3. The topological polar surface area (TPSA) is 145 Å². The van der Waals surface area contributed by atoms with Crippen LogP contribution >= 0.6 is 10.0 Å². The highest BCUT2D eigenvalue weighted by Crippen LogP contribution is 2.36. The van der Waals surface area contributed by atoms with Crippen molar-refractivity contribution in [3.05, 3.63) is 65.7 Å². The SMILES string of the molecule is COc1ncc(F)cc1S(=O)(=O)Nc1cccc(-c2ccc3c(C(=O)NCCCO)nn(COCCS(C)(C)C)c3c2F)c1F. The quantitative estimate of drug-likeness (QED) is 0.170. The van der Waals surface area contributed by atoms with Crippen LogP contribution in [0.4, 0.5) is 18.9 Å². The summed E-state index contributed by atoms with van der Waals surface area (Å²) in [6, 6.07) is 7.04. The third-order valence-electron chi connectivity index (χ3n) is 6.54. The zero-order valence-electron chi connectivity index (χ0n) is 25.1. The number of rotatable bonds is 14. The van der Waals surface area contributed by atoms with Gasteiger partial charge in [-0.3, -0.25) is 9.52 Å². The Morgan fingerprint density at radius 1 is 1.07 bits per heavy atom. The molecule has 2 aromatic heterocycles. The molecule has 11 nitrogen and oxygen atoms in total. The highest BCUT2D eigenvalue weighted by molar-refractivity contribution is 8.32. The molecular weight excluding hydrogens is 635 g/mol. The molecule has 16 heteroatoms. The molecule has 244 valence electrons. The number of fused-ring (bicyclic) bond motifs is 1. The van der Waals surface area contributed by atoms with Gasteiger partial charge in [0.25, 0.3) is 15.9 Å². The molecule has 0 saturated carbocycles. The van der Waals surface area contributed by atoms with Crippen LogP contribution < -0.4 is 14.8 Å². The normalized spacial score (nSPS) is 12.4. The van der Waals surface area contributed by atoms with Crippen LogP contribution in [0.3, 0.4) is 0 Å². The number of sulfonamides is 1. The van der Waals surface area contributed by atoms with Crippen molar-refractivity contribution in [2.24, 2.45) is 0 Å². The fourth-order valence-corrected chi connectivity index (χ4v) is 6.11. The van der Waals surface area contributed by atoms with E-state index in [9.17, 15) is 17.6 Å². The van der Waals surface area contributed by atoms with Crippen molar-refractivity contribution in [3.63, 3.8) is 0 Å². The van der Waals surface area contributed by atoms with Crippen molar-refractivity contribution < 1.29 is 41.0 Å². The van der Waals surface area contributed by atoms with Crippen LogP contribution in [-0.2, 0) is 21.5 Å². The molecule has 0 atom stereocenters. The summed E-state index contributed by atoms with van der Waals surface area (Å²) in [6.07, 6.45) is 7.44. The molecule has 0 saturated heterocycles. The van der Waals surface area contributed by atoms with Gasteiger partial charge in [-0.05, 0) is 37.3 Å². The molecule has 0 bridgehead atoms. The van der Waals surface area contributed by atoms with Crippen LogP contribution in [-0.4, -0.2) is 85.6 Å². The number of carbonyl (C=O) groups excluding carboxylic acids is 1. The summed E-state index contributed by atoms with van der Waals surface area (Å²) in [5, 5.41) is 16.1. The maximum atomic E-state index is 16.3. The van der Waals surface area contributed by atoms with Crippen molar-refractivity contribution in [1.29, 1.82) is 0 Å². The molecule has 2 aromatic carbocycles. The smallest absolute Gasteiger partial charge is 0.272 e. The first-order chi connectivity index (χ1) is 21.3. The first-order valence-electron chi connectivity index (χ1n) is 13.6. The van der Waals surface area contributed by atoms with Crippen molar-refractivity contribution in [1.82, 2.24) is 20.1 Å². The third-order valence-corrected chi connectivity index (χ3v) is 9.29. The van der Waals surface area contributed by atoms with Crippen LogP contribution in [0.15, 0.2) is 47.5 Å². The van der Waals surface area contributed by atoms with Gasteiger partial charge < -0.3 is 19.9 Å². The second kappa shape index (κ2) is 14.1. The van der Waals surface area contributed by atoms with Crippen LogP contribution in [0.5, 0.6) is 5.88 Å². The number of aliphatic hydroxyl groups excluding tert-OH is 1. The van der Waals surface area contributed by atoms with E-state index in [1.807, 2.05) is 0 Å². The van der Waals surface area contributed by atoms with Gasteiger partial charge in [0.2, 0.25) is 5.88 Å². The molecule has 0 radical (unpaired) electrons. The average Bonchev–Trinajstić information content (AvgIpc) is 3.36. The lowest BCUT2D eigenvalue weighted by Gasteiger charge is -2.24. The second-order valence-corrected chi connectivity index (χ2v) is 17.0. The highest BCUT2D eigenvalue weighted by Gasteiger charge is 2.26. The molecule has 0 aliphatic heterocycles. The maximum absolute atomic E-state index is 16.3. The van der Waals surface area contributed by atoms with Crippen LogP contribution in [0, 0.1) is 17.5 Å². The van der Waals surface area contributed by atoms with Crippen LogP contribution in [0.25, 0.3) is 22.0 Å². The zero-order valence-corrected chi connectivity index (χ0v) is 26.7. The summed E-state index contributed by atoms with van der Waals surface area (Å²) in [6.45, 7) is 0.204. The minimum Gasteiger partial charge on any atom is -0.480 e. The van der Waals surface area contributed by atoms with E-state index < -0.39 is 59.9 Å². The Kier molecular flexibility index (Phi) is 10.6. The van der Waals surface area contributed by atoms with Gasteiger partial charge in [-0.1, -0.05) is 18.2 Å². The summed E-state index contributed by atoms with van der Waals surface area (Å²) in [7, 11) is -4.32. The Morgan fingerprint density at radius 3 is 2.49 bits per heavy atom. The number of hydrogen-bond donors (Lipinski definition) is 3. The van der Waals surface area contributed by atoms with Gasteiger partial charge in [0.15, 0.2) is 22.2 Å². The predicted molar refractivity (Wildman–Crippen MR) is 167 cm³/mol. The summed E-state index contributed by atoms with van der Waals surface area (Å²) >= 11 is 0. The van der Waals surface area contributed by atoms with Gasteiger partial charge in [-0.15, -0.1) is 0 Å². The van der Waals surface area contributed by atoms with E-state index in [1.165, 1.54) is 28.9 Å². The molecular formula is C29H34F3N5O6S2. The van der Waals surface area contributed by atoms with Crippen molar-refractivity contribution >= 4 is 42.5 Å². The summed E-state index contributed by atoms with van der Waals surface area (Å²) in [5.74, 6) is -3.22. The standard InChI is InChI=1S/C29H34F3N5O6S2/c1-42-29-23(15-18(30)16-34-29)45(40,41)36-22-8-5-7-19(24(22)31)20-9-10-21-26(28(39)33-11-6-12-38)35-37(27(21)25(20)32)17-43-13-14-44(2,3)4/h5,7-10,15-16,36,38H,6,11-14,17H2,1-4H3,(H,33,39). The lowest BCUT2D eigenvalue weighted by Crippen LogP contribution is -2.25. The monoisotopic (exact) mass is 669 g/mol. The first kappa shape index (κ1) is 34.0. The number of amides is 1. The van der Waals surface area contributed by atoms with E-state index in [1.54, 1.807) is 0 Å². The van der Waals surface area contributed by atoms with Crippen molar-refractivity contribution in [2.45, 2.75) is 18.0 Å². The fourth-order valence-electron chi connectivity index (χ4n) is 4.30. The minimum absolute atomic E-state index is 0.0851. The van der Waals surface area contributed by atoms with Crippen molar-refractivity contribution in [3.8, 4) is 17.0 Å². The van der Waals surface area contributed by atoms with E-state index in [0.29, 0.717) is 19.1 Å². The van der Waals surface area contributed by atoms with Gasteiger partial charge in [-0.25, -0.2) is 41.3 Å². The van der Waals surface area contributed by atoms with Gasteiger partial charge in [0.05, 0.1) is 25.6 Å². The number of hydrogen-bond acceptors (Lipinski definition) is 8. The number of methoxy groups -OCH3 is 1.